The Labute approximate surface area is 167 Å². The molecule has 27 heavy (non-hydrogen) atoms. The Kier molecular flexibility index (Phi) is 5.23. The van der Waals surface area contributed by atoms with Gasteiger partial charge in [-0.3, -0.25) is 9.78 Å². The van der Waals surface area contributed by atoms with Gasteiger partial charge in [0.1, 0.15) is 4.88 Å². The van der Waals surface area contributed by atoms with E-state index in [1.165, 1.54) is 16.9 Å². The van der Waals surface area contributed by atoms with Gasteiger partial charge in [0.2, 0.25) is 0 Å². The smallest absolute Gasteiger partial charge is 0.266 e. The molecule has 0 spiro atoms. The molecule has 0 unspecified atom stereocenters. The summed E-state index contributed by atoms with van der Waals surface area (Å²) in [5.41, 5.74) is 5.68. The van der Waals surface area contributed by atoms with Gasteiger partial charge in [-0.15, -0.1) is 11.3 Å². The average Bonchev–Trinajstić information content (AvgIpc) is 3.32. The number of carbonyl (C=O) groups is 1. The Hall–Kier alpha value is -2.24. The molecule has 0 aliphatic carbocycles. The lowest BCUT2D eigenvalue weighted by Crippen LogP contribution is -2.31. The summed E-state index contributed by atoms with van der Waals surface area (Å²) >= 11 is 7.38. The summed E-state index contributed by atoms with van der Waals surface area (Å²) in [5, 5.41) is 0.735. The second-order valence-corrected chi connectivity index (χ2v) is 8.07. The summed E-state index contributed by atoms with van der Waals surface area (Å²) in [4.78, 5) is 24.8. The number of benzene rings is 1. The van der Waals surface area contributed by atoms with Gasteiger partial charge >= 0.3 is 0 Å². The van der Waals surface area contributed by atoms with Crippen LogP contribution in [-0.4, -0.2) is 27.3 Å². The molecule has 1 amide bonds. The number of thiazole rings is 1. The highest BCUT2D eigenvalue weighted by atomic mass is 35.5. The maximum absolute atomic E-state index is 13.0. The van der Waals surface area contributed by atoms with Crippen molar-refractivity contribution in [3.63, 3.8) is 0 Å². The van der Waals surface area contributed by atoms with Gasteiger partial charge in [-0.2, -0.15) is 0 Å². The number of halogens is 1. The van der Waals surface area contributed by atoms with Gasteiger partial charge in [-0.05, 0) is 49.6 Å². The summed E-state index contributed by atoms with van der Waals surface area (Å²) in [6.45, 7) is 2.66. The first-order valence-electron chi connectivity index (χ1n) is 9.03. The highest BCUT2D eigenvalue weighted by Crippen LogP contribution is 2.33. The normalized spacial score (nSPS) is 16.7. The van der Waals surface area contributed by atoms with E-state index in [1.54, 1.807) is 5.51 Å². The van der Waals surface area contributed by atoms with E-state index >= 15 is 0 Å². The quantitative estimate of drug-likeness (QED) is 0.617. The number of hydrogen-bond donors (Lipinski definition) is 0. The molecule has 0 N–H and O–H groups in total. The minimum Gasteiger partial charge on any atom is -0.329 e. The first-order valence-corrected chi connectivity index (χ1v) is 10.3. The Morgan fingerprint density at radius 3 is 2.81 bits per heavy atom. The Balaban J connectivity index is 1.56. The summed E-state index contributed by atoms with van der Waals surface area (Å²) in [6, 6.07) is 14.0. The summed E-state index contributed by atoms with van der Waals surface area (Å²) in [7, 11) is 0. The van der Waals surface area contributed by atoms with E-state index in [0.717, 1.165) is 52.8 Å². The molecule has 1 aliphatic rings. The monoisotopic (exact) mass is 397 g/mol. The fourth-order valence-corrected chi connectivity index (χ4v) is 4.43. The van der Waals surface area contributed by atoms with Crippen molar-refractivity contribution in [1.82, 2.24) is 14.9 Å². The van der Waals surface area contributed by atoms with Gasteiger partial charge in [0.05, 0.1) is 22.9 Å². The fourth-order valence-electron chi connectivity index (χ4n) is 3.55. The van der Waals surface area contributed by atoms with Gasteiger partial charge in [0.25, 0.3) is 5.91 Å². The second kappa shape index (κ2) is 7.79. The van der Waals surface area contributed by atoms with E-state index in [1.807, 2.05) is 54.3 Å². The molecule has 4 rings (SSSR count). The van der Waals surface area contributed by atoms with Crippen LogP contribution in [-0.2, 0) is 6.42 Å². The van der Waals surface area contributed by atoms with E-state index in [2.05, 4.69) is 4.98 Å². The zero-order valence-corrected chi connectivity index (χ0v) is 16.6. The highest BCUT2D eigenvalue weighted by Gasteiger charge is 2.32. The lowest BCUT2D eigenvalue weighted by molar-refractivity contribution is 0.0736. The van der Waals surface area contributed by atoms with E-state index in [0.29, 0.717) is 0 Å². The molecular weight excluding hydrogens is 378 g/mol. The van der Waals surface area contributed by atoms with Crippen LogP contribution in [0.15, 0.2) is 48.0 Å². The Morgan fingerprint density at radius 2 is 2.07 bits per heavy atom. The number of likely N-dealkylation sites (tertiary alicyclic amines) is 1. The van der Waals surface area contributed by atoms with Crippen LogP contribution in [0, 0.1) is 6.92 Å². The molecule has 1 fully saturated rings. The highest BCUT2D eigenvalue weighted by molar-refractivity contribution is 7.11. The van der Waals surface area contributed by atoms with Crippen LogP contribution in [0.5, 0.6) is 0 Å². The molecule has 1 atom stereocenters. The largest absolute Gasteiger partial charge is 0.329 e. The molecule has 6 heteroatoms. The van der Waals surface area contributed by atoms with E-state index < -0.39 is 0 Å². The molecule has 138 valence electrons. The molecule has 0 saturated carbocycles. The number of aryl methyl sites for hydroxylation is 1. The van der Waals surface area contributed by atoms with Crippen molar-refractivity contribution in [3.8, 4) is 0 Å². The molecule has 3 aromatic rings. The van der Waals surface area contributed by atoms with Crippen molar-refractivity contribution in [2.24, 2.45) is 0 Å². The summed E-state index contributed by atoms with van der Waals surface area (Å²) in [6.07, 6.45) is 2.69. The van der Waals surface area contributed by atoms with Gasteiger partial charge < -0.3 is 4.90 Å². The number of amides is 1. The van der Waals surface area contributed by atoms with Crippen molar-refractivity contribution < 1.29 is 4.79 Å². The van der Waals surface area contributed by atoms with E-state index in [-0.39, 0.29) is 11.9 Å². The number of rotatable bonds is 4. The van der Waals surface area contributed by atoms with E-state index in [4.69, 9.17) is 16.6 Å². The fraction of sp³-hybridized carbons (Fsp3) is 0.286. The molecule has 3 heterocycles. The zero-order valence-electron chi connectivity index (χ0n) is 15.1. The van der Waals surface area contributed by atoms with Gasteiger partial charge in [-0.1, -0.05) is 29.8 Å². The predicted octanol–water partition coefficient (Wildman–Crippen LogP) is 5.07. The van der Waals surface area contributed by atoms with Gasteiger partial charge in [-0.25, -0.2) is 4.98 Å². The maximum atomic E-state index is 13.0. The number of hydrogen-bond acceptors (Lipinski definition) is 4. The molecule has 2 aromatic heterocycles. The maximum Gasteiger partial charge on any atom is 0.266 e. The Bertz CT molecular complexity index is 954. The molecular formula is C21H20ClN3OS. The van der Waals surface area contributed by atoms with Crippen LogP contribution < -0.4 is 0 Å². The predicted molar refractivity (Wildman–Crippen MR) is 108 cm³/mol. The molecule has 0 bridgehead atoms. The minimum absolute atomic E-state index is 0.0316. The van der Waals surface area contributed by atoms with Crippen LogP contribution >= 0.6 is 22.9 Å². The van der Waals surface area contributed by atoms with Crippen LogP contribution in [0.1, 0.15) is 51.2 Å². The van der Waals surface area contributed by atoms with Crippen molar-refractivity contribution in [1.29, 1.82) is 0 Å². The lowest BCUT2D eigenvalue weighted by Gasteiger charge is -2.24. The van der Waals surface area contributed by atoms with Crippen molar-refractivity contribution in [3.05, 3.63) is 80.5 Å². The van der Waals surface area contributed by atoms with Crippen molar-refractivity contribution in [2.75, 3.05) is 6.54 Å². The summed E-state index contributed by atoms with van der Waals surface area (Å²) < 4.78 is 0. The zero-order chi connectivity index (χ0) is 18.8. The topological polar surface area (TPSA) is 46.1 Å². The first kappa shape index (κ1) is 18.1. The average molecular weight is 398 g/mol. The number of carbonyl (C=O) groups excluding carboxylic acids is 1. The van der Waals surface area contributed by atoms with Crippen LogP contribution in [0.2, 0.25) is 5.02 Å². The number of pyridine rings is 1. The Morgan fingerprint density at radius 1 is 1.26 bits per heavy atom. The van der Waals surface area contributed by atoms with Crippen LogP contribution in [0.3, 0.4) is 0 Å². The van der Waals surface area contributed by atoms with Crippen molar-refractivity contribution >= 4 is 28.8 Å². The van der Waals surface area contributed by atoms with Crippen LogP contribution in [0.4, 0.5) is 0 Å². The SMILES string of the molecule is Cc1ncsc1C(=O)N1CCC[C@H]1c1cccc(Cc2ccc(Cl)cc2)n1. The minimum atomic E-state index is 0.0316. The number of nitrogens with zero attached hydrogens (tertiary/aromatic N) is 3. The van der Waals surface area contributed by atoms with E-state index in [9.17, 15) is 4.79 Å². The third-order valence-electron chi connectivity index (χ3n) is 4.92. The number of aromatic nitrogens is 2. The molecule has 1 aliphatic heterocycles. The van der Waals surface area contributed by atoms with Crippen molar-refractivity contribution in [2.45, 2.75) is 32.2 Å². The van der Waals surface area contributed by atoms with Gasteiger partial charge in [0, 0.05) is 23.7 Å². The second-order valence-electron chi connectivity index (χ2n) is 6.78. The van der Waals surface area contributed by atoms with Crippen LogP contribution in [0.25, 0.3) is 0 Å². The molecule has 1 aromatic carbocycles. The molecule has 1 saturated heterocycles. The summed E-state index contributed by atoms with van der Waals surface area (Å²) in [5.74, 6) is 0.0717. The third-order valence-corrected chi connectivity index (χ3v) is 6.09. The third kappa shape index (κ3) is 3.89. The van der Waals surface area contributed by atoms with Gasteiger partial charge in [0.15, 0.2) is 0 Å². The molecule has 4 nitrogen and oxygen atoms in total. The lowest BCUT2D eigenvalue weighted by atomic mass is 10.1. The first-order chi connectivity index (χ1) is 13.1. The standard InChI is InChI=1S/C21H20ClN3OS/c1-14-20(27-13-23-14)21(26)25-11-3-6-19(25)18-5-2-4-17(24-18)12-15-7-9-16(22)10-8-15/h2,4-5,7-10,13,19H,3,6,11-12H2,1H3/t19-/m0/s1. The molecule has 0 radical (unpaired) electrons.